The average Bonchev–Trinajstić information content (AvgIpc) is 2.46. The molecule has 1 aliphatic rings. The van der Waals surface area contributed by atoms with Crippen molar-refractivity contribution in [2.75, 3.05) is 20.2 Å². The lowest BCUT2D eigenvalue weighted by Gasteiger charge is -2.40. The molecule has 1 aliphatic heterocycles. The lowest BCUT2D eigenvalue weighted by molar-refractivity contribution is 0.0530. The molecule has 1 atom stereocenters. The Morgan fingerprint density at radius 2 is 2.25 bits per heavy atom. The molecule has 1 aromatic rings. The largest absolute Gasteiger partial charge is 0.497 e. The van der Waals surface area contributed by atoms with E-state index in [1.54, 1.807) is 7.11 Å². The molecule has 0 aliphatic carbocycles. The summed E-state index contributed by atoms with van der Waals surface area (Å²) in [5.41, 5.74) is 1.01. The number of piperidine rings is 1. The fraction of sp³-hybridized carbons (Fsp3) is 0.588. The highest BCUT2D eigenvalue weighted by Gasteiger charge is 2.32. The van der Waals surface area contributed by atoms with Crippen LogP contribution in [0.3, 0.4) is 0 Å². The molecule has 1 amide bonds. The van der Waals surface area contributed by atoms with Gasteiger partial charge in [-0.3, -0.25) is 4.79 Å². The number of hydrogen-bond acceptors (Lipinski definition) is 2. The number of hydrogen-bond donors (Lipinski definition) is 0. The number of rotatable bonds is 4. The summed E-state index contributed by atoms with van der Waals surface area (Å²) >= 11 is 0. The predicted octanol–water partition coefficient (Wildman–Crippen LogP) is 3.74. The van der Waals surface area contributed by atoms with E-state index in [1.807, 2.05) is 29.2 Å². The van der Waals surface area contributed by atoms with Gasteiger partial charge in [0.25, 0.3) is 5.91 Å². The molecule has 0 N–H and O–H groups in total. The number of methoxy groups -OCH3 is 1. The van der Waals surface area contributed by atoms with Gasteiger partial charge < -0.3 is 9.64 Å². The molecule has 0 radical (unpaired) electrons. The van der Waals surface area contributed by atoms with Gasteiger partial charge in [0.1, 0.15) is 5.75 Å². The smallest absolute Gasteiger partial charge is 0.254 e. The van der Waals surface area contributed by atoms with Crippen LogP contribution in [0.15, 0.2) is 24.3 Å². The van der Waals surface area contributed by atoms with Gasteiger partial charge in [-0.25, -0.2) is 0 Å². The molecular formula is C17H25NO2. The summed E-state index contributed by atoms with van der Waals surface area (Å²) < 4.78 is 5.20. The van der Waals surface area contributed by atoms with E-state index in [4.69, 9.17) is 4.74 Å². The SMILES string of the molecule is CCCC1(C)CCCN(C(=O)c2cccc(OC)c2)C1. The van der Waals surface area contributed by atoms with Gasteiger partial charge in [0.15, 0.2) is 0 Å². The van der Waals surface area contributed by atoms with Crippen LogP contribution in [0.5, 0.6) is 5.75 Å². The van der Waals surface area contributed by atoms with Crippen molar-refractivity contribution < 1.29 is 9.53 Å². The Hall–Kier alpha value is -1.51. The lowest BCUT2D eigenvalue weighted by Crippen LogP contribution is -2.44. The molecule has 0 saturated carbocycles. The van der Waals surface area contributed by atoms with Gasteiger partial charge in [0.2, 0.25) is 0 Å². The van der Waals surface area contributed by atoms with Crippen molar-refractivity contribution in [3.8, 4) is 5.75 Å². The van der Waals surface area contributed by atoms with Gasteiger partial charge >= 0.3 is 0 Å². The summed E-state index contributed by atoms with van der Waals surface area (Å²) in [5.74, 6) is 0.870. The Morgan fingerprint density at radius 1 is 1.45 bits per heavy atom. The number of carbonyl (C=O) groups excluding carboxylic acids is 1. The first-order valence-electron chi connectivity index (χ1n) is 7.51. The summed E-state index contributed by atoms with van der Waals surface area (Å²) in [6, 6.07) is 7.44. The highest BCUT2D eigenvalue weighted by Crippen LogP contribution is 2.34. The number of likely N-dealkylation sites (tertiary alicyclic amines) is 1. The van der Waals surface area contributed by atoms with Gasteiger partial charge in [0, 0.05) is 18.7 Å². The quantitative estimate of drug-likeness (QED) is 0.837. The molecule has 3 nitrogen and oxygen atoms in total. The lowest BCUT2D eigenvalue weighted by atomic mass is 9.78. The van der Waals surface area contributed by atoms with Crippen LogP contribution in [0.2, 0.25) is 0 Å². The molecule has 1 heterocycles. The Bertz CT molecular complexity index is 468. The predicted molar refractivity (Wildman–Crippen MR) is 81.1 cm³/mol. The summed E-state index contributed by atoms with van der Waals surface area (Å²) in [6.45, 7) is 6.27. The van der Waals surface area contributed by atoms with E-state index in [2.05, 4.69) is 13.8 Å². The molecule has 110 valence electrons. The second-order valence-electron chi connectivity index (χ2n) is 6.12. The van der Waals surface area contributed by atoms with Crippen molar-refractivity contribution in [1.82, 2.24) is 4.90 Å². The zero-order chi connectivity index (χ0) is 14.6. The molecule has 0 bridgehead atoms. The van der Waals surface area contributed by atoms with Crippen molar-refractivity contribution in [2.45, 2.75) is 39.5 Å². The molecule has 2 rings (SSSR count). The summed E-state index contributed by atoms with van der Waals surface area (Å²) in [5, 5.41) is 0. The van der Waals surface area contributed by atoms with Crippen LogP contribution in [0, 0.1) is 5.41 Å². The van der Waals surface area contributed by atoms with E-state index < -0.39 is 0 Å². The average molecular weight is 275 g/mol. The third kappa shape index (κ3) is 3.33. The Balaban J connectivity index is 2.12. The molecule has 3 heteroatoms. The van der Waals surface area contributed by atoms with Crippen LogP contribution in [0.4, 0.5) is 0 Å². The van der Waals surface area contributed by atoms with Gasteiger partial charge in [-0.05, 0) is 42.9 Å². The van der Waals surface area contributed by atoms with Crippen molar-refractivity contribution in [3.63, 3.8) is 0 Å². The van der Waals surface area contributed by atoms with E-state index in [0.29, 0.717) is 0 Å². The number of benzene rings is 1. The number of amides is 1. The number of ether oxygens (including phenoxy) is 1. The van der Waals surface area contributed by atoms with Crippen molar-refractivity contribution in [1.29, 1.82) is 0 Å². The molecule has 0 aromatic heterocycles. The van der Waals surface area contributed by atoms with Crippen LogP contribution >= 0.6 is 0 Å². The van der Waals surface area contributed by atoms with Gasteiger partial charge in [-0.2, -0.15) is 0 Å². The van der Waals surface area contributed by atoms with E-state index in [0.717, 1.165) is 30.8 Å². The Labute approximate surface area is 121 Å². The van der Waals surface area contributed by atoms with Crippen LogP contribution in [0.1, 0.15) is 49.9 Å². The van der Waals surface area contributed by atoms with Gasteiger partial charge in [-0.1, -0.05) is 26.3 Å². The normalized spacial score (nSPS) is 22.6. The molecule has 20 heavy (non-hydrogen) atoms. The first-order valence-corrected chi connectivity index (χ1v) is 7.51. The maximum atomic E-state index is 12.6. The van der Waals surface area contributed by atoms with Crippen LogP contribution in [-0.4, -0.2) is 31.0 Å². The van der Waals surface area contributed by atoms with E-state index in [-0.39, 0.29) is 11.3 Å². The third-order valence-electron chi connectivity index (χ3n) is 4.24. The topological polar surface area (TPSA) is 29.5 Å². The van der Waals surface area contributed by atoms with Crippen molar-refractivity contribution >= 4 is 5.91 Å². The zero-order valence-electron chi connectivity index (χ0n) is 12.8. The Kier molecular flexibility index (Phi) is 4.69. The van der Waals surface area contributed by atoms with Gasteiger partial charge in [-0.15, -0.1) is 0 Å². The second-order valence-corrected chi connectivity index (χ2v) is 6.12. The van der Waals surface area contributed by atoms with Gasteiger partial charge in [0.05, 0.1) is 7.11 Å². The Morgan fingerprint density at radius 3 is 2.95 bits per heavy atom. The summed E-state index contributed by atoms with van der Waals surface area (Å²) in [6.07, 6.45) is 4.70. The fourth-order valence-corrected chi connectivity index (χ4v) is 3.24. The minimum Gasteiger partial charge on any atom is -0.497 e. The first kappa shape index (κ1) is 14.9. The third-order valence-corrected chi connectivity index (χ3v) is 4.24. The second kappa shape index (κ2) is 6.29. The standard InChI is InChI=1S/C17H25NO2/c1-4-9-17(2)10-6-11-18(13-17)16(19)14-7-5-8-15(12-14)20-3/h5,7-8,12H,4,6,9-11,13H2,1-3H3. The minimum atomic E-state index is 0.130. The number of carbonyl (C=O) groups is 1. The summed E-state index contributed by atoms with van der Waals surface area (Å²) in [4.78, 5) is 14.6. The monoisotopic (exact) mass is 275 g/mol. The van der Waals surface area contributed by atoms with E-state index in [1.165, 1.54) is 19.3 Å². The molecule has 1 unspecified atom stereocenters. The molecular weight excluding hydrogens is 250 g/mol. The molecule has 1 fully saturated rings. The van der Waals surface area contributed by atoms with Crippen molar-refractivity contribution in [2.24, 2.45) is 5.41 Å². The minimum absolute atomic E-state index is 0.130. The first-order chi connectivity index (χ1) is 9.58. The summed E-state index contributed by atoms with van der Waals surface area (Å²) in [7, 11) is 1.63. The number of nitrogens with zero attached hydrogens (tertiary/aromatic N) is 1. The zero-order valence-corrected chi connectivity index (χ0v) is 12.8. The highest BCUT2D eigenvalue weighted by molar-refractivity contribution is 5.94. The maximum Gasteiger partial charge on any atom is 0.254 e. The van der Waals surface area contributed by atoms with Crippen LogP contribution in [-0.2, 0) is 0 Å². The highest BCUT2D eigenvalue weighted by atomic mass is 16.5. The van der Waals surface area contributed by atoms with Crippen molar-refractivity contribution in [3.05, 3.63) is 29.8 Å². The van der Waals surface area contributed by atoms with E-state index >= 15 is 0 Å². The molecule has 0 spiro atoms. The maximum absolute atomic E-state index is 12.6. The fourth-order valence-electron chi connectivity index (χ4n) is 3.24. The van der Waals surface area contributed by atoms with Crippen LogP contribution in [0.25, 0.3) is 0 Å². The molecule has 1 aromatic carbocycles. The van der Waals surface area contributed by atoms with E-state index in [9.17, 15) is 4.79 Å². The van der Waals surface area contributed by atoms with Crippen LogP contribution < -0.4 is 4.74 Å². The molecule has 1 saturated heterocycles.